The molecule has 1 heterocycles. The Morgan fingerprint density at radius 3 is 2.89 bits per heavy atom. The maximum Gasteiger partial charge on any atom is 0.0674 e. The molecule has 2 saturated carbocycles. The van der Waals surface area contributed by atoms with Crippen molar-refractivity contribution in [2.75, 3.05) is 26.3 Å². The highest BCUT2D eigenvalue weighted by molar-refractivity contribution is 5.01. The number of nitrogens with one attached hydrogen (secondary N) is 1. The van der Waals surface area contributed by atoms with E-state index in [0.29, 0.717) is 24.8 Å². The zero-order chi connectivity index (χ0) is 13.3. The molecule has 0 radical (unpaired) electrons. The van der Waals surface area contributed by atoms with Crippen LogP contribution in [0.25, 0.3) is 0 Å². The number of nitrogens with zero attached hydrogens (tertiary/aromatic N) is 1. The average Bonchev–Trinajstić information content (AvgIpc) is 3.23. The van der Waals surface area contributed by atoms with E-state index in [-0.39, 0.29) is 5.54 Å². The van der Waals surface area contributed by atoms with Crippen LogP contribution in [-0.4, -0.2) is 60.0 Å². The number of morpholine rings is 1. The van der Waals surface area contributed by atoms with Gasteiger partial charge in [0.1, 0.15) is 0 Å². The van der Waals surface area contributed by atoms with E-state index in [2.05, 4.69) is 17.1 Å². The summed E-state index contributed by atoms with van der Waals surface area (Å²) in [5.74, 6) is 0. The van der Waals surface area contributed by atoms with Crippen LogP contribution in [0.2, 0.25) is 0 Å². The van der Waals surface area contributed by atoms with Crippen molar-refractivity contribution < 1.29 is 9.84 Å². The second-order valence-electron chi connectivity index (χ2n) is 6.78. The first-order valence-corrected chi connectivity index (χ1v) is 7.95. The van der Waals surface area contributed by atoms with Gasteiger partial charge in [-0.3, -0.25) is 4.90 Å². The summed E-state index contributed by atoms with van der Waals surface area (Å²) in [6.07, 6.45) is 7.69. The fraction of sp³-hybridized carbons (Fsp3) is 1.00. The monoisotopic (exact) mass is 268 g/mol. The fourth-order valence-electron chi connectivity index (χ4n) is 3.80. The summed E-state index contributed by atoms with van der Waals surface area (Å²) < 4.78 is 5.65. The Hall–Kier alpha value is -0.160. The summed E-state index contributed by atoms with van der Waals surface area (Å²) in [7, 11) is 0. The van der Waals surface area contributed by atoms with Crippen molar-refractivity contribution in [2.24, 2.45) is 0 Å². The molecule has 3 unspecified atom stereocenters. The zero-order valence-electron chi connectivity index (χ0n) is 12.1. The molecule has 0 aromatic heterocycles. The van der Waals surface area contributed by atoms with E-state index < -0.39 is 0 Å². The predicted molar refractivity (Wildman–Crippen MR) is 75.2 cm³/mol. The molecule has 0 amide bonds. The summed E-state index contributed by atoms with van der Waals surface area (Å²) in [6.45, 7) is 5.42. The van der Waals surface area contributed by atoms with Gasteiger partial charge in [-0.2, -0.15) is 0 Å². The lowest BCUT2D eigenvalue weighted by Gasteiger charge is -2.46. The first-order valence-electron chi connectivity index (χ1n) is 7.95. The normalized spacial score (nSPS) is 41.4. The van der Waals surface area contributed by atoms with Crippen LogP contribution in [0.5, 0.6) is 0 Å². The molecule has 19 heavy (non-hydrogen) atoms. The zero-order valence-corrected chi connectivity index (χ0v) is 12.1. The molecule has 110 valence electrons. The standard InChI is InChI=1S/C15H28N2O2/c1-12-10-17(7-8-19-12)14-3-2-6-15(9-14,11-18)16-13-4-5-13/h12-14,16,18H,2-11H2,1H3. The van der Waals surface area contributed by atoms with Gasteiger partial charge in [0.2, 0.25) is 0 Å². The number of hydrogen-bond acceptors (Lipinski definition) is 4. The Bertz CT molecular complexity index is 309. The lowest BCUT2D eigenvalue weighted by atomic mass is 9.78. The van der Waals surface area contributed by atoms with E-state index in [0.717, 1.165) is 32.5 Å². The van der Waals surface area contributed by atoms with Crippen LogP contribution < -0.4 is 5.32 Å². The van der Waals surface area contributed by atoms with Crippen molar-refractivity contribution in [1.29, 1.82) is 0 Å². The van der Waals surface area contributed by atoms with Crippen molar-refractivity contribution in [1.82, 2.24) is 10.2 Å². The smallest absolute Gasteiger partial charge is 0.0674 e. The van der Waals surface area contributed by atoms with Gasteiger partial charge in [0.25, 0.3) is 0 Å². The molecule has 0 aromatic rings. The predicted octanol–water partition coefficient (Wildman–Crippen LogP) is 1.13. The van der Waals surface area contributed by atoms with Crippen LogP contribution in [-0.2, 0) is 4.74 Å². The average molecular weight is 268 g/mol. The van der Waals surface area contributed by atoms with E-state index in [1.165, 1.54) is 25.7 Å². The minimum Gasteiger partial charge on any atom is -0.394 e. The van der Waals surface area contributed by atoms with Gasteiger partial charge < -0.3 is 15.2 Å². The van der Waals surface area contributed by atoms with E-state index in [1.807, 2.05) is 0 Å². The Balaban J connectivity index is 1.62. The van der Waals surface area contributed by atoms with Crippen molar-refractivity contribution in [3.8, 4) is 0 Å². The third-order valence-electron chi connectivity index (χ3n) is 5.00. The molecule has 2 N–H and O–H groups in total. The van der Waals surface area contributed by atoms with Crippen LogP contribution >= 0.6 is 0 Å². The van der Waals surface area contributed by atoms with Crippen molar-refractivity contribution in [3.63, 3.8) is 0 Å². The molecule has 3 fully saturated rings. The molecular weight excluding hydrogens is 240 g/mol. The summed E-state index contributed by atoms with van der Waals surface area (Å²) in [4.78, 5) is 2.59. The SMILES string of the molecule is CC1CN(C2CCCC(CO)(NC3CC3)C2)CCO1. The van der Waals surface area contributed by atoms with Gasteiger partial charge in [-0.05, 0) is 45.4 Å². The molecule has 2 aliphatic carbocycles. The molecule has 0 bridgehead atoms. The third-order valence-corrected chi connectivity index (χ3v) is 5.00. The highest BCUT2D eigenvalue weighted by Gasteiger charge is 2.41. The van der Waals surface area contributed by atoms with Gasteiger partial charge in [0.05, 0.1) is 19.3 Å². The fourth-order valence-corrected chi connectivity index (χ4v) is 3.80. The summed E-state index contributed by atoms with van der Waals surface area (Å²) >= 11 is 0. The summed E-state index contributed by atoms with van der Waals surface area (Å²) in [6, 6.07) is 1.30. The molecule has 3 atom stereocenters. The Kier molecular flexibility index (Phi) is 4.13. The van der Waals surface area contributed by atoms with E-state index in [9.17, 15) is 5.11 Å². The molecular formula is C15H28N2O2. The summed E-state index contributed by atoms with van der Waals surface area (Å²) in [5, 5.41) is 13.6. The minimum atomic E-state index is -0.00831. The van der Waals surface area contributed by atoms with Gasteiger partial charge >= 0.3 is 0 Å². The minimum absolute atomic E-state index is 0.00831. The van der Waals surface area contributed by atoms with Crippen LogP contribution in [0.4, 0.5) is 0 Å². The van der Waals surface area contributed by atoms with Crippen LogP contribution in [0.3, 0.4) is 0 Å². The number of rotatable bonds is 4. The molecule has 1 aliphatic heterocycles. The van der Waals surface area contributed by atoms with Crippen molar-refractivity contribution in [2.45, 2.75) is 69.2 Å². The Labute approximate surface area is 116 Å². The van der Waals surface area contributed by atoms with E-state index in [1.54, 1.807) is 0 Å². The lowest BCUT2D eigenvalue weighted by Crippen LogP contribution is -2.58. The quantitative estimate of drug-likeness (QED) is 0.802. The van der Waals surface area contributed by atoms with E-state index in [4.69, 9.17) is 4.74 Å². The molecule has 3 aliphatic rings. The second kappa shape index (κ2) is 5.68. The van der Waals surface area contributed by atoms with Crippen LogP contribution in [0.15, 0.2) is 0 Å². The van der Waals surface area contributed by atoms with Gasteiger partial charge in [-0.1, -0.05) is 0 Å². The third kappa shape index (κ3) is 3.30. The lowest BCUT2D eigenvalue weighted by molar-refractivity contribution is -0.0495. The van der Waals surface area contributed by atoms with E-state index >= 15 is 0 Å². The van der Waals surface area contributed by atoms with Gasteiger partial charge in [-0.25, -0.2) is 0 Å². The van der Waals surface area contributed by atoms with Crippen molar-refractivity contribution in [3.05, 3.63) is 0 Å². The number of aliphatic hydroxyl groups is 1. The maximum atomic E-state index is 9.88. The van der Waals surface area contributed by atoms with Gasteiger partial charge in [0.15, 0.2) is 0 Å². The van der Waals surface area contributed by atoms with Crippen LogP contribution in [0, 0.1) is 0 Å². The number of hydrogen-bond donors (Lipinski definition) is 2. The molecule has 0 spiro atoms. The van der Waals surface area contributed by atoms with Gasteiger partial charge in [-0.15, -0.1) is 0 Å². The number of aliphatic hydroxyl groups excluding tert-OH is 1. The summed E-state index contributed by atoms with van der Waals surface area (Å²) in [5.41, 5.74) is -0.00831. The molecule has 1 saturated heterocycles. The first kappa shape index (κ1) is 13.8. The topological polar surface area (TPSA) is 44.7 Å². The van der Waals surface area contributed by atoms with Crippen LogP contribution in [0.1, 0.15) is 45.4 Å². The molecule has 0 aromatic carbocycles. The Morgan fingerprint density at radius 1 is 1.37 bits per heavy atom. The number of ether oxygens (including phenoxy) is 1. The highest BCUT2D eigenvalue weighted by atomic mass is 16.5. The molecule has 3 rings (SSSR count). The van der Waals surface area contributed by atoms with Crippen molar-refractivity contribution >= 4 is 0 Å². The first-order chi connectivity index (χ1) is 9.21. The maximum absolute atomic E-state index is 9.88. The highest BCUT2D eigenvalue weighted by Crippen LogP contribution is 2.35. The largest absolute Gasteiger partial charge is 0.394 e. The van der Waals surface area contributed by atoms with Gasteiger partial charge in [0, 0.05) is 30.7 Å². The Morgan fingerprint density at radius 2 is 2.21 bits per heavy atom. The second-order valence-corrected chi connectivity index (χ2v) is 6.78. The molecule has 4 nitrogen and oxygen atoms in total. The molecule has 4 heteroatoms.